The maximum atomic E-state index is 12.8. The number of oxazole rings is 1. The van der Waals surface area contributed by atoms with Gasteiger partial charge in [-0.2, -0.15) is 0 Å². The monoisotopic (exact) mass is 489 g/mol. The lowest BCUT2D eigenvalue weighted by Crippen LogP contribution is -2.38. The van der Waals surface area contributed by atoms with Crippen LogP contribution >= 0.6 is 11.8 Å². The molecule has 0 unspecified atom stereocenters. The maximum Gasteiger partial charge on any atom is 0.275 e. The zero-order valence-electron chi connectivity index (χ0n) is 19.8. The van der Waals surface area contributed by atoms with E-state index in [0.717, 1.165) is 42.9 Å². The first-order chi connectivity index (χ1) is 17.1. The number of likely N-dealkylation sites (tertiary alicyclic amines) is 1. The first kappa shape index (κ1) is 23.2. The summed E-state index contributed by atoms with van der Waals surface area (Å²) in [7, 11) is 1.64. The second-order valence-electron chi connectivity index (χ2n) is 8.60. The summed E-state index contributed by atoms with van der Waals surface area (Å²) in [6, 6.07) is 17.7. The van der Waals surface area contributed by atoms with Crippen molar-refractivity contribution >= 4 is 17.7 Å². The number of benzene rings is 2. The van der Waals surface area contributed by atoms with Crippen LogP contribution in [0.5, 0.6) is 5.75 Å². The van der Waals surface area contributed by atoms with Crippen molar-refractivity contribution in [3.8, 4) is 22.8 Å². The molecule has 0 bridgehead atoms. The summed E-state index contributed by atoms with van der Waals surface area (Å²) in [6.07, 6.45) is 3.51. The number of carbonyl (C=O) groups excluding carboxylic acids is 1. The molecule has 0 aliphatic carbocycles. The van der Waals surface area contributed by atoms with Crippen LogP contribution in [0.4, 0.5) is 0 Å². The third-order valence-corrected chi connectivity index (χ3v) is 7.06. The van der Waals surface area contributed by atoms with E-state index in [9.17, 15) is 4.79 Å². The summed E-state index contributed by atoms with van der Waals surface area (Å²) >= 11 is 1.46. The summed E-state index contributed by atoms with van der Waals surface area (Å²) in [5.74, 6) is 2.96. The maximum absolute atomic E-state index is 12.8. The van der Waals surface area contributed by atoms with Gasteiger partial charge in [-0.25, -0.2) is 4.98 Å². The standard InChI is InChI=1S/C26H27N5O3S/c1-18-11-13-30(14-12-18)25(32)22-16-34-23(27-22)17-35-26-29-28-24(19-7-6-10-21(15-19)33-2)31(26)20-8-4-3-5-9-20/h3-10,15-16,18H,11-14,17H2,1-2H3. The molecule has 1 amide bonds. The fourth-order valence-corrected chi connectivity index (χ4v) is 4.90. The molecule has 0 spiro atoms. The Morgan fingerprint density at radius 3 is 2.69 bits per heavy atom. The highest BCUT2D eigenvalue weighted by molar-refractivity contribution is 7.98. The number of carbonyl (C=O) groups is 1. The number of rotatable bonds is 7. The number of piperidine rings is 1. The van der Waals surface area contributed by atoms with Gasteiger partial charge >= 0.3 is 0 Å². The summed E-state index contributed by atoms with van der Waals surface area (Å²) in [5, 5.41) is 9.63. The topological polar surface area (TPSA) is 86.3 Å². The second kappa shape index (κ2) is 10.4. The highest BCUT2D eigenvalue weighted by Gasteiger charge is 2.24. The summed E-state index contributed by atoms with van der Waals surface area (Å²) in [6.45, 7) is 3.76. The number of ether oxygens (including phenoxy) is 1. The van der Waals surface area contributed by atoms with E-state index >= 15 is 0 Å². The van der Waals surface area contributed by atoms with E-state index in [0.29, 0.717) is 34.2 Å². The van der Waals surface area contributed by atoms with E-state index in [-0.39, 0.29) is 5.91 Å². The van der Waals surface area contributed by atoms with Crippen molar-refractivity contribution in [2.24, 2.45) is 5.92 Å². The second-order valence-corrected chi connectivity index (χ2v) is 9.54. The fraction of sp³-hybridized carbons (Fsp3) is 0.308. The van der Waals surface area contributed by atoms with Gasteiger partial charge in [0.25, 0.3) is 5.91 Å². The first-order valence-electron chi connectivity index (χ1n) is 11.6. The van der Waals surface area contributed by atoms with Gasteiger partial charge in [-0.15, -0.1) is 10.2 Å². The normalized spacial score (nSPS) is 14.3. The number of thioether (sulfide) groups is 1. The molecule has 0 saturated carbocycles. The van der Waals surface area contributed by atoms with Crippen LogP contribution in [-0.4, -0.2) is 50.8 Å². The zero-order valence-corrected chi connectivity index (χ0v) is 20.6. The molecule has 0 radical (unpaired) electrons. The molecule has 0 atom stereocenters. The van der Waals surface area contributed by atoms with E-state index in [1.807, 2.05) is 64.1 Å². The number of methoxy groups -OCH3 is 1. The van der Waals surface area contributed by atoms with Crippen LogP contribution in [0, 0.1) is 5.92 Å². The molecule has 8 nitrogen and oxygen atoms in total. The van der Waals surface area contributed by atoms with E-state index in [1.54, 1.807) is 7.11 Å². The Hall–Kier alpha value is -3.59. The lowest BCUT2D eigenvalue weighted by molar-refractivity contribution is 0.0691. The molecule has 1 fully saturated rings. The van der Waals surface area contributed by atoms with Crippen LogP contribution in [0.3, 0.4) is 0 Å². The average molecular weight is 490 g/mol. The number of hydrogen-bond acceptors (Lipinski definition) is 7. The summed E-state index contributed by atoms with van der Waals surface area (Å²) in [5.41, 5.74) is 2.20. The minimum absolute atomic E-state index is 0.0651. The first-order valence-corrected chi connectivity index (χ1v) is 12.6. The molecule has 9 heteroatoms. The Morgan fingerprint density at radius 2 is 1.91 bits per heavy atom. The van der Waals surface area contributed by atoms with Crippen LogP contribution in [0.25, 0.3) is 17.1 Å². The van der Waals surface area contributed by atoms with Gasteiger partial charge < -0.3 is 14.1 Å². The van der Waals surface area contributed by atoms with Gasteiger partial charge in [0.05, 0.1) is 12.9 Å². The smallest absolute Gasteiger partial charge is 0.275 e. The predicted octanol–water partition coefficient (Wildman–Crippen LogP) is 5.10. The molecular formula is C26H27N5O3S. The molecule has 0 N–H and O–H groups in total. The lowest BCUT2D eigenvalue weighted by Gasteiger charge is -2.29. The van der Waals surface area contributed by atoms with Crippen LogP contribution < -0.4 is 4.74 Å². The molecule has 2 aromatic carbocycles. The molecule has 180 valence electrons. The largest absolute Gasteiger partial charge is 0.497 e. The third-order valence-electron chi connectivity index (χ3n) is 6.14. The van der Waals surface area contributed by atoms with E-state index < -0.39 is 0 Å². The van der Waals surface area contributed by atoms with Crippen molar-refractivity contribution < 1.29 is 13.9 Å². The molecule has 2 aromatic heterocycles. The molecule has 4 aromatic rings. The van der Waals surface area contributed by atoms with E-state index in [4.69, 9.17) is 9.15 Å². The Bertz CT molecular complexity index is 1300. The van der Waals surface area contributed by atoms with Crippen molar-refractivity contribution in [2.75, 3.05) is 20.2 Å². The van der Waals surface area contributed by atoms with Crippen molar-refractivity contribution in [1.29, 1.82) is 0 Å². The van der Waals surface area contributed by atoms with Crippen LogP contribution in [0.15, 0.2) is 70.4 Å². The third kappa shape index (κ3) is 5.09. The number of nitrogens with zero attached hydrogens (tertiary/aromatic N) is 5. The highest BCUT2D eigenvalue weighted by atomic mass is 32.2. The Kier molecular flexibility index (Phi) is 6.85. The minimum Gasteiger partial charge on any atom is -0.497 e. The predicted molar refractivity (Wildman–Crippen MR) is 134 cm³/mol. The van der Waals surface area contributed by atoms with Gasteiger partial charge in [-0.05, 0) is 43.0 Å². The number of para-hydroxylation sites is 1. The number of aromatic nitrogens is 4. The van der Waals surface area contributed by atoms with Crippen LogP contribution in [-0.2, 0) is 5.75 Å². The van der Waals surface area contributed by atoms with Gasteiger partial charge in [0, 0.05) is 24.3 Å². The SMILES string of the molecule is COc1cccc(-c2nnc(SCc3nc(C(=O)N4CCC(C)CC4)co3)n2-c2ccccc2)c1. The van der Waals surface area contributed by atoms with Crippen LogP contribution in [0.1, 0.15) is 36.1 Å². The quantitative estimate of drug-likeness (QED) is 0.334. The number of hydrogen-bond donors (Lipinski definition) is 0. The van der Waals surface area contributed by atoms with E-state index in [2.05, 4.69) is 22.1 Å². The molecule has 5 rings (SSSR count). The lowest BCUT2D eigenvalue weighted by atomic mass is 9.99. The van der Waals surface area contributed by atoms with Crippen molar-refractivity contribution in [3.63, 3.8) is 0 Å². The zero-order chi connectivity index (χ0) is 24.2. The summed E-state index contributed by atoms with van der Waals surface area (Å²) < 4.78 is 13.0. The van der Waals surface area contributed by atoms with E-state index in [1.165, 1.54) is 18.0 Å². The van der Waals surface area contributed by atoms with Gasteiger partial charge in [0.2, 0.25) is 5.89 Å². The summed E-state index contributed by atoms with van der Waals surface area (Å²) in [4.78, 5) is 19.1. The average Bonchev–Trinajstić information content (AvgIpc) is 3.55. The molecule has 1 aliphatic heterocycles. The fourth-order valence-electron chi connectivity index (χ4n) is 4.10. The minimum atomic E-state index is -0.0651. The Morgan fingerprint density at radius 1 is 1.11 bits per heavy atom. The molecule has 35 heavy (non-hydrogen) atoms. The number of amides is 1. The van der Waals surface area contributed by atoms with Crippen molar-refractivity contribution in [1.82, 2.24) is 24.6 Å². The molecular weight excluding hydrogens is 462 g/mol. The van der Waals surface area contributed by atoms with Crippen molar-refractivity contribution in [3.05, 3.63) is 72.4 Å². The van der Waals surface area contributed by atoms with Gasteiger partial charge in [0.15, 0.2) is 16.7 Å². The van der Waals surface area contributed by atoms with Gasteiger partial charge in [0.1, 0.15) is 12.0 Å². The molecule has 3 heterocycles. The highest BCUT2D eigenvalue weighted by Crippen LogP contribution is 2.31. The van der Waals surface area contributed by atoms with Gasteiger partial charge in [-0.3, -0.25) is 9.36 Å². The van der Waals surface area contributed by atoms with Crippen molar-refractivity contribution in [2.45, 2.75) is 30.7 Å². The Labute approximate surface area is 208 Å². The molecule has 1 saturated heterocycles. The van der Waals surface area contributed by atoms with Gasteiger partial charge in [-0.1, -0.05) is 49.0 Å². The molecule has 1 aliphatic rings. The Balaban J connectivity index is 1.36. The van der Waals surface area contributed by atoms with Crippen LogP contribution in [0.2, 0.25) is 0 Å².